The minimum Gasteiger partial charge on any atom is -0.497 e. The third-order valence-corrected chi connectivity index (χ3v) is 2.99. The van der Waals surface area contributed by atoms with Crippen LogP contribution < -0.4 is 9.47 Å². The van der Waals surface area contributed by atoms with Crippen molar-refractivity contribution in [2.24, 2.45) is 0 Å². The lowest BCUT2D eigenvalue weighted by Gasteiger charge is -2.19. The molecule has 0 aromatic heterocycles. The smallest absolute Gasteiger partial charge is 0.497 e. The maximum absolute atomic E-state index is 11.3. The number of methoxy groups -OCH3 is 3. The highest BCUT2D eigenvalue weighted by Gasteiger charge is 2.20. The zero-order valence-electron chi connectivity index (χ0n) is 13.6. The molecule has 1 rings (SSSR count). The Labute approximate surface area is 134 Å². The van der Waals surface area contributed by atoms with Gasteiger partial charge in [-0.15, -0.1) is 0 Å². The summed E-state index contributed by atoms with van der Waals surface area (Å²) < 4.78 is 24.4. The quantitative estimate of drug-likeness (QED) is 0.452. The fourth-order valence-electron chi connectivity index (χ4n) is 1.75. The fraction of sp³-hybridized carbons (Fsp3) is 0.375. The van der Waals surface area contributed by atoms with E-state index in [4.69, 9.17) is 14.2 Å². The molecule has 0 N–H and O–H groups in total. The first-order chi connectivity index (χ1) is 10.9. The van der Waals surface area contributed by atoms with E-state index in [1.807, 2.05) is 0 Å². The topological polar surface area (TPSA) is 80.3 Å². The Morgan fingerprint density at radius 1 is 1.13 bits per heavy atom. The summed E-state index contributed by atoms with van der Waals surface area (Å²) in [4.78, 5) is 22.7. The number of rotatable bonds is 6. The summed E-state index contributed by atoms with van der Waals surface area (Å²) in [6.07, 6.45) is -2.09. The minimum atomic E-state index is -0.850. The SMILES string of the molecule is C=C(C)C(Cc1cc(OC)ccc1OC(=O)OC)OC(=O)OC. The van der Waals surface area contributed by atoms with E-state index < -0.39 is 18.4 Å². The maximum atomic E-state index is 11.3. The Hall–Kier alpha value is -2.70. The molecule has 1 aromatic rings. The van der Waals surface area contributed by atoms with Gasteiger partial charge in [0.2, 0.25) is 0 Å². The van der Waals surface area contributed by atoms with E-state index in [0.29, 0.717) is 16.9 Å². The van der Waals surface area contributed by atoms with Gasteiger partial charge in [0, 0.05) is 12.0 Å². The van der Waals surface area contributed by atoms with Crippen LogP contribution in [0.1, 0.15) is 12.5 Å². The monoisotopic (exact) mass is 324 g/mol. The van der Waals surface area contributed by atoms with E-state index in [-0.39, 0.29) is 12.2 Å². The van der Waals surface area contributed by atoms with Crippen LogP contribution in [0.4, 0.5) is 9.59 Å². The Morgan fingerprint density at radius 3 is 2.30 bits per heavy atom. The van der Waals surface area contributed by atoms with Crippen LogP contribution in [0.25, 0.3) is 0 Å². The van der Waals surface area contributed by atoms with E-state index in [1.54, 1.807) is 25.1 Å². The van der Waals surface area contributed by atoms with Crippen molar-refractivity contribution in [3.05, 3.63) is 35.9 Å². The Bertz CT molecular complexity index is 580. The molecule has 0 bridgehead atoms. The van der Waals surface area contributed by atoms with Gasteiger partial charge in [-0.25, -0.2) is 9.59 Å². The van der Waals surface area contributed by atoms with Crippen molar-refractivity contribution in [1.29, 1.82) is 0 Å². The highest BCUT2D eigenvalue weighted by atomic mass is 16.7. The summed E-state index contributed by atoms with van der Waals surface area (Å²) in [5, 5.41) is 0. The van der Waals surface area contributed by atoms with Crippen molar-refractivity contribution in [1.82, 2.24) is 0 Å². The van der Waals surface area contributed by atoms with Crippen molar-refractivity contribution >= 4 is 12.3 Å². The predicted molar refractivity (Wildman–Crippen MR) is 81.8 cm³/mol. The molecule has 0 aliphatic rings. The lowest BCUT2D eigenvalue weighted by Crippen LogP contribution is -2.22. The van der Waals surface area contributed by atoms with E-state index in [1.165, 1.54) is 21.3 Å². The van der Waals surface area contributed by atoms with Crippen LogP contribution in [-0.4, -0.2) is 39.7 Å². The highest BCUT2D eigenvalue weighted by molar-refractivity contribution is 5.65. The third kappa shape index (κ3) is 5.54. The standard InChI is InChI=1S/C16H20O7/c1-10(2)14(23-16(18)21-5)9-11-8-12(19-3)6-7-13(11)22-15(17)20-4/h6-8,14H,1,9H2,2-5H3. The summed E-state index contributed by atoms with van der Waals surface area (Å²) in [6, 6.07) is 4.88. The van der Waals surface area contributed by atoms with Gasteiger partial charge in [0.05, 0.1) is 21.3 Å². The Balaban J connectivity index is 3.07. The molecule has 1 aromatic carbocycles. The second-order valence-electron chi connectivity index (χ2n) is 4.64. The number of hydrogen-bond donors (Lipinski definition) is 0. The van der Waals surface area contributed by atoms with Gasteiger partial charge in [0.15, 0.2) is 0 Å². The van der Waals surface area contributed by atoms with Gasteiger partial charge in [-0.2, -0.15) is 0 Å². The molecule has 0 spiro atoms. The van der Waals surface area contributed by atoms with Crippen LogP contribution in [0.5, 0.6) is 11.5 Å². The molecule has 0 aliphatic heterocycles. The molecular formula is C16H20O7. The van der Waals surface area contributed by atoms with Crippen LogP contribution in [0.15, 0.2) is 30.4 Å². The summed E-state index contributed by atoms with van der Waals surface area (Å²) >= 11 is 0. The molecule has 7 heteroatoms. The van der Waals surface area contributed by atoms with Gasteiger partial charge in [-0.3, -0.25) is 0 Å². The normalized spacial score (nSPS) is 11.1. The van der Waals surface area contributed by atoms with Crippen LogP contribution in [-0.2, 0) is 20.6 Å². The van der Waals surface area contributed by atoms with Crippen LogP contribution in [0.3, 0.4) is 0 Å². The van der Waals surface area contributed by atoms with E-state index in [0.717, 1.165) is 0 Å². The van der Waals surface area contributed by atoms with Crippen LogP contribution in [0, 0.1) is 0 Å². The molecule has 0 amide bonds. The molecule has 23 heavy (non-hydrogen) atoms. The molecule has 0 aliphatic carbocycles. The summed E-state index contributed by atoms with van der Waals surface area (Å²) in [6.45, 7) is 5.51. The molecule has 126 valence electrons. The van der Waals surface area contributed by atoms with Crippen molar-refractivity contribution < 1.29 is 33.3 Å². The van der Waals surface area contributed by atoms with Crippen molar-refractivity contribution in [2.45, 2.75) is 19.4 Å². The zero-order valence-corrected chi connectivity index (χ0v) is 13.6. The molecule has 0 heterocycles. The second-order valence-corrected chi connectivity index (χ2v) is 4.64. The number of ether oxygens (including phenoxy) is 5. The molecule has 1 atom stereocenters. The van der Waals surface area contributed by atoms with Gasteiger partial charge in [0.1, 0.15) is 17.6 Å². The average molecular weight is 324 g/mol. The van der Waals surface area contributed by atoms with Gasteiger partial charge >= 0.3 is 12.3 Å². The predicted octanol–water partition coefficient (Wildman–Crippen LogP) is 3.11. The summed E-state index contributed by atoms with van der Waals surface area (Å²) in [5.41, 5.74) is 1.20. The largest absolute Gasteiger partial charge is 0.513 e. The van der Waals surface area contributed by atoms with Crippen LogP contribution in [0.2, 0.25) is 0 Å². The van der Waals surface area contributed by atoms with Gasteiger partial charge in [0.25, 0.3) is 0 Å². The van der Waals surface area contributed by atoms with Crippen molar-refractivity contribution in [2.75, 3.05) is 21.3 Å². The zero-order chi connectivity index (χ0) is 17.4. The molecule has 0 radical (unpaired) electrons. The molecule has 0 saturated heterocycles. The lowest BCUT2D eigenvalue weighted by molar-refractivity contribution is 0.0488. The lowest BCUT2D eigenvalue weighted by atomic mass is 10.0. The highest BCUT2D eigenvalue weighted by Crippen LogP contribution is 2.27. The average Bonchev–Trinajstić information content (AvgIpc) is 2.54. The minimum absolute atomic E-state index is 0.230. The Morgan fingerprint density at radius 2 is 1.78 bits per heavy atom. The Kier molecular flexibility index (Phi) is 6.92. The van der Waals surface area contributed by atoms with Crippen molar-refractivity contribution in [3.63, 3.8) is 0 Å². The molecule has 0 fully saturated rings. The van der Waals surface area contributed by atoms with E-state index >= 15 is 0 Å². The van der Waals surface area contributed by atoms with E-state index in [9.17, 15) is 9.59 Å². The summed E-state index contributed by atoms with van der Waals surface area (Å²) in [5.74, 6) is 0.841. The molecule has 0 saturated carbocycles. The maximum Gasteiger partial charge on any atom is 0.513 e. The first kappa shape index (κ1) is 18.3. The number of benzene rings is 1. The molecule has 1 unspecified atom stereocenters. The van der Waals surface area contributed by atoms with Gasteiger partial charge < -0.3 is 23.7 Å². The first-order valence-corrected chi connectivity index (χ1v) is 6.74. The van der Waals surface area contributed by atoms with Crippen LogP contribution >= 0.6 is 0 Å². The number of carbonyl (C=O) groups is 2. The number of carbonyl (C=O) groups excluding carboxylic acids is 2. The van der Waals surface area contributed by atoms with Crippen molar-refractivity contribution in [3.8, 4) is 11.5 Å². The molecular weight excluding hydrogens is 304 g/mol. The number of hydrogen-bond acceptors (Lipinski definition) is 7. The fourth-order valence-corrected chi connectivity index (χ4v) is 1.75. The second kappa shape index (κ2) is 8.67. The third-order valence-electron chi connectivity index (χ3n) is 2.99. The van der Waals surface area contributed by atoms with Gasteiger partial charge in [-0.05, 0) is 30.7 Å². The van der Waals surface area contributed by atoms with Gasteiger partial charge in [-0.1, -0.05) is 6.58 Å². The van der Waals surface area contributed by atoms with E-state index in [2.05, 4.69) is 16.1 Å². The summed E-state index contributed by atoms with van der Waals surface area (Å²) in [7, 11) is 3.94. The first-order valence-electron chi connectivity index (χ1n) is 6.74. The molecule has 7 nitrogen and oxygen atoms in total.